The highest BCUT2D eigenvalue weighted by atomic mass is 16.3. The minimum absolute atomic E-state index is 0.0653. The number of hydrogen-bond acceptors (Lipinski definition) is 5. The summed E-state index contributed by atoms with van der Waals surface area (Å²) in [6.07, 6.45) is 5.03. The number of nitrogens with zero attached hydrogens (tertiary/aromatic N) is 4. The van der Waals surface area contributed by atoms with Gasteiger partial charge < -0.3 is 14.9 Å². The number of aromatic nitrogens is 3. The lowest BCUT2D eigenvalue weighted by Gasteiger charge is -2.25. The van der Waals surface area contributed by atoms with Crippen molar-refractivity contribution in [3.8, 4) is 0 Å². The SMILES string of the molecule is Cc1nc2ccccn2c1/C(O)=C1\C(=O)C(=O)N(CC[NH+](C)C)[C@H]1c1cccnc1. The van der Waals surface area contributed by atoms with E-state index in [0.29, 0.717) is 35.7 Å². The molecule has 4 heterocycles. The average Bonchev–Trinajstić information content (AvgIpc) is 3.20. The Bertz CT molecular complexity index is 1150. The number of imidazole rings is 1. The number of aryl methyl sites for hydroxylation is 1. The molecule has 0 unspecified atom stereocenters. The number of nitrogens with one attached hydrogen (secondary N) is 1. The molecule has 1 atom stereocenters. The second-order valence-corrected chi connectivity index (χ2v) is 7.71. The van der Waals surface area contributed by atoms with E-state index in [2.05, 4.69) is 9.97 Å². The number of aliphatic hydroxyl groups excluding tert-OH is 1. The van der Waals surface area contributed by atoms with Crippen molar-refractivity contribution in [3.63, 3.8) is 0 Å². The fourth-order valence-electron chi connectivity index (χ4n) is 3.87. The molecule has 2 N–H and O–H groups in total. The summed E-state index contributed by atoms with van der Waals surface area (Å²) in [4.78, 5) is 37.3. The number of fused-ring (bicyclic) bond motifs is 1. The van der Waals surface area contributed by atoms with Crippen LogP contribution in [0.4, 0.5) is 0 Å². The van der Waals surface area contributed by atoms with E-state index in [0.717, 1.165) is 4.90 Å². The highest BCUT2D eigenvalue weighted by Crippen LogP contribution is 2.39. The molecule has 0 aromatic carbocycles. The number of carbonyl (C=O) groups excluding carboxylic acids is 2. The Hall–Kier alpha value is -3.52. The number of ketones is 1. The van der Waals surface area contributed by atoms with Crippen molar-refractivity contribution in [3.05, 3.63) is 71.4 Å². The summed E-state index contributed by atoms with van der Waals surface area (Å²) in [7, 11) is 3.97. The zero-order valence-electron chi connectivity index (χ0n) is 17.2. The number of likely N-dealkylation sites (N-methyl/N-ethyl adjacent to an activating group) is 1. The maximum atomic E-state index is 13.1. The molecule has 154 valence electrons. The molecule has 0 spiro atoms. The van der Waals surface area contributed by atoms with Gasteiger partial charge in [-0.3, -0.25) is 19.0 Å². The van der Waals surface area contributed by atoms with E-state index in [1.54, 1.807) is 36.0 Å². The predicted octanol–water partition coefficient (Wildman–Crippen LogP) is 0.604. The van der Waals surface area contributed by atoms with Gasteiger partial charge >= 0.3 is 0 Å². The van der Waals surface area contributed by atoms with Crippen LogP contribution in [0.2, 0.25) is 0 Å². The van der Waals surface area contributed by atoms with E-state index in [9.17, 15) is 14.7 Å². The van der Waals surface area contributed by atoms with Gasteiger partial charge in [-0.2, -0.15) is 0 Å². The van der Waals surface area contributed by atoms with Crippen LogP contribution in [0, 0.1) is 6.92 Å². The summed E-state index contributed by atoms with van der Waals surface area (Å²) in [5.74, 6) is -1.53. The molecule has 0 radical (unpaired) electrons. The molecular formula is C22H24N5O3+. The van der Waals surface area contributed by atoms with Crippen LogP contribution < -0.4 is 4.90 Å². The van der Waals surface area contributed by atoms with E-state index in [-0.39, 0.29) is 11.3 Å². The van der Waals surface area contributed by atoms with Crippen molar-refractivity contribution in [1.82, 2.24) is 19.3 Å². The zero-order valence-corrected chi connectivity index (χ0v) is 17.2. The number of likely N-dealkylation sites (tertiary alicyclic amines) is 1. The molecule has 1 fully saturated rings. The fourth-order valence-corrected chi connectivity index (χ4v) is 3.87. The Morgan fingerprint density at radius 1 is 1.20 bits per heavy atom. The van der Waals surface area contributed by atoms with E-state index < -0.39 is 17.7 Å². The van der Waals surface area contributed by atoms with Crippen molar-refractivity contribution in [1.29, 1.82) is 0 Å². The normalized spacial score (nSPS) is 18.7. The molecule has 3 aromatic rings. The maximum absolute atomic E-state index is 13.1. The summed E-state index contributed by atoms with van der Waals surface area (Å²) in [5.41, 5.74) is 2.39. The molecule has 1 saturated heterocycles. The summed E-state index contributed by atoms with van der Waals surface area (Å²) in [6, 6.07) is 8.36. The number of hydrogen-bond donors (Lipinski definition) is 2. The molecule has 1 aliphatic rings. The zero-order chi connectivity index (χ0) is 21.4. The third kappa shape index (κ3) is 3.25. The highest BCUT2D eigenvalue weighted by molar-refractivity contribution is 6.46. The molecule has 8 nitrogen and oxygen atoms in total. The average molecular weight is 406 g/mol. The van der Waals surface area contributed by atoms with Gasteiger partial charge in [0.2, 0.25) is 0 Å². The van der Waals surface area contributed by atoms with Gasteiger partial charge in [-0.1, -0.05) is 12.1 Å². The van der Waals surface area contributed by atoms with Crippen molar-refractivity contribution in [2.24, 2.45) is 0 Å². The van der Waals surface area contributed by atoms with Crippen molar-refractivity contribution in [2.45, 2.75) is 13.0 Å². The van der Waals surface area contributed by atoms with Crippen LogP contribution in [0.5, 0.6) is 0 Å². The quantitative estimate of drug-likeness (QED) is 0.368. The van der Waals surface area contributed by atoms with Gasteiger partial charge in [0.05, 0.1) is 44.5 Å². The van der Waals surface area contributed by atoms with Crippen LogP contribution in [0.15, 0.2) is 54.5 Å². The Kier molecular flexibility index (Phi) is 5.09. The Morgan fingerprint density at radius 3 is 2.70 bits per heavy atom. The Balaban J connectivity index is 1.92. The minimum Gasteiger partial charge on any atom is -0.505 e. The highest BCUT2D eigenvalue weighted by Gasteiger charge is 2.46. The van der Waals surface area contributed by atoms with Gasteiger partial charge in [-0.25, -0.2) is 4.98 Å². The number of Topliss-reactive ketones (excluding diaryl/α,β-unsaturated/α-hetero) is 1. The van der Waals surface area contributed by atoms with Crippen molar-refractivity contribution >= 4 is 23.1 Å². The fraction of sp³-hybridized carbons (Fsp3) is 0.273. The first-order valence-electron chi connectivity index (χ1n) is 9.81. The topological polar surface area (TPSA) is 92.2 Å². The first-order valence-corrected chi connectivity index (χ1v) is 9.81. The van der Waals surface area contributed by atoms with E-state index >= 15 is 0 Å². The van der Waals surface area contributed by atoms with Crippen LogP contribution in [-0.2, 0) is 9.59 Å². The summed E-state index contributed by atoms with van der Waals surface area (Å²) < 4.78 is 1.72. The number of pyridine rings is 2. The summed E-state index contributed by atoms with van der Waals surface area (Å²) >= 11 is 0. The van der Waals surface area contributed by atoms with Gasteiger partial charge in [0.1, 0.15) is 11.3 Å². The summed E-state index contributed by atoms with van der Waals surface area (Å²) in [6.45, 7) is 2.82. The van der Waals surface area contributed by atoms with Gasteiger partial charge in [-0.05, 0) is 30.7 Å². The second kappa shape index (κ2) is 7.72. The molecule has 8 heteroatoms. The minimum atomic E-state index is -0.702. The third-order valence-corrected chi connectivity index (χ3v) is 5.32. The lowest BCUT2D eigenvalue weighted by Crippen LogP contribution is -3.06. The summed E-state index contributed by atoms with van der Waals surface area (Å²) in [5, 5.41) is 11.3. The Labute approximate surface area is 174 Å². The van der Waals surface area contributed by atoms with Crippen LogP contribution in [0.25, 0.3) is 11.4 Å². The lowest BCUT2D eigenvalue weighted by atomic mass is 9.97. The molecule has 0 saturated carbocycles. The maximum Gasteiger partial charge on any atom is 0.295 e. The third-order valence-electron chi connectivity index (χ3n) is 5.32. The lowest BCUT2D eigenvalue weighted by molar-refractivity contribution is -0.857. The van der Waals surface area contributed by atoms with E-state index in [1.165, 1.54) is 4.90 Å². The smallest absolute Gasteiger partial charge is 0.295 e. The largest absolute Gasteiger partial charge is 0.505 e. The van der Waals surface area contributed by atoms with Crippen LogP contribution in [0.1, 0.15) is 23.0 Å². The number of rotatable bonds is 5. The monoisotopic (exact) mass is 406 g/mol. The Morgan fingerprint density at radius 2 is 2.00 bits per heavy atom. The molecule has 1 amide bonds. The van der Waals surface area contributed by atoms with Gasteiger partial charge in [0.25, 0.3) is 11.7 Å². The van der Waals surface area contributed by atoms with Crippen LogP contribution in [0.3, 0.4) is 0 Å². The number of amides is 1. The standard InChI is InChI=1S/C22H23N5O3/c1-14-18(26-10-5-4-8-16(26)24-14)20(28)17-19(15-7-6-9-23-13-15)27(12-11-25(2)3)22(30)21(17)29/h4-10,13,19,28H,11-12H2,1-3H3/p+1/b20-17+/t19-/m0/s1. The van der Waals surface area contributed by atoms with Gasteiger partial charge in [0.15, 0.2) is 5.76 Å². The van der Waals surface area contributed by atoms with Crippen LogP contribution in [-0.4, -0.2) is 63.3 Å². The van der Waals surface area contributed by atoms with E-state index in [4.69, 9.17) is 0 Å². The van der Waals surface area contributed by atoms with Gasteiger partial charge in [-0.15, -0.1) is 0 Å². The number of quaternary nitrogens is 1. The first kappa shape index (κ1) is 19.8. The second-order valence-electron chi connectivity index (χ2n) is 7.71. The predicted molar refractivity (Wildman–Crippen MR) is 111 cm³/mol. The van der Waals surface area contributed by atoms with Crippen LogP contribution >= 0.6 is 0 Å². The molecule has 1 aliphatic heterocycles. The molecule has 3 aromatic heterocycles. The molecule has 30 heavy (non-hydrogen) atoms. The molecule has 0 bridgehead atoms. The number of carbonyl (C=O) groups is 2. The van der Waals surface area contributed by atoms with Crippen molar-refractivity contribution in [2.75, 3.05) is 27.2 Å². The first-order chi connectivity index (χ1) is 14.4. The number of aliphatic hydroxyl groups is 1. The molecule has 0 aliphatic carbocycles. The molecular weight excluding hydrogens is 382 g/mol. The van der Waals surface area contributed by atoms with Gasteiger partial charge in [0, 0.05) is 18.6 Å². The van der Waals surface area contributed by atoms with E-state index in [1.807, 2.05) is 38.4 Å². The van der Waals surface area contributed by atoms with Crippen molar-refractivity contribution < 1.29 is 19.6 Å². The molecule has 4 rings (SSSR count).